The quantitative estimate of drug-likeness (QED) is 0.846. The van der Waals surface area contributed by atoms with Gasteiger partial charge in [0.1, 0.15) is 11.6 Å². The van der Waals surface area contributed by atoms with Crippen molar-refractivity contribution in [2.24, 2.45) is 7.05 Å². The normalized spacial score (nSPS) is 10.2. The van der Waals surface area contributed by atoms with E-state index in [-0.39, 0.29) is 0 Å². The molecule has 5 heteroatoms. The summed E-state index contributed by atoms with van der Waals surface area (Å²) in [7, 11) is 1.76. The number of para-hydroxylation sites is 1. The zero-order valence-electron chi connectivity index (χ0n) is 11.1. The number of nitrogens with two attached hydrogens (primary N) is 1. The van der Waals surface area contributed by atoms with Gasteiger partial charge in [-0.25, -0.2) is 4.68 Å². The number of ether oxygens (including phenoxy) is 1. The van der Waals surface area contributed by atoms with Gasteiger partial charge in [0.25, 0.3) is 0 Å². The maximum atomic E-state index is 9.07. The van der Waals surface area contributed by atoms with Crippen molar-refractivity contribution >= 4 is 5.69 Å². The maximum Gasteiger partial charge on any atom is 0.230 e. The Morgan fingerprint density at radius 3 is 2.84 bits per heavy atom. The van der Waals surface area contributed by atoms with Crippen molar-refractivity contribution in [3.05, 3.63) is 41.1 Å². The molecule has 1 aromatic heterocycles. The highest BCUT2D eigenvalue weighted by molar-refractivity contribution is 5.46. The third-order valence-corrected chi connectivity index (χ3v) is 2.95. The van der Waals surface area contributed by atoms with Crippen LogP contribution in [0.2, 0.25) is 0 Å². The van der Waals surface area contributed by atoms with Crippen LogP contribution in [0.3, 0.4) is 0 Å². The second-order valence-corrected chi connectivity index (χ2v) is 4.30. The number of nitrogen functional groups attached to an aromatic ring is 1. The predicted octanol–water partition coefficient (Wildman–Crippen LogP) is 1.80. The predicted molar refractivity (Wildman–Crippen MR) is 72.7 cm³/mol. The molecule has 2 aromatic rings. The summed E-state index contributed by atoms with van der Waals surface area (Å²) in [5.41, 5.74) is 8.83. The molecule has 0 radical (unpaired) electrons. The number of aryl methyl sites for hydroxylation is 2. The minimum atomic E-state index is 0.460. The Hall–Kier alpha value is -2.48. The molecule has 2 rings (SSSR count). The van der Waals surface area contributed by atoms with Crippen LogP contribution in [0.25, 0.3) is 0 Å². The molecule has 98 valence electrons. The van der Waals surface area contributed by atoms with Crippen molar-refractivity contribution in [1.29, 1.82) is 5.26 Å². The number of anilines is 1. The fourth-order valence-corrected chi connectivity index (χ4v) is 1.95. The standard InChI is InChI=1S/C14H16N4O/c1-10-12(9-15)14(18(2)17-10)19-8-7-11-5-3-4-6-13(11)16/h3-6H,7-8,16H2,1-2H3. The van der Waals surface area contributed by atoms with Crippen LogP contribution in [0.15, 0.2) is 24.3 Å². The van der Waals surface area contributed by atoms with Crippen molar-refractivity contribution in [3.63, 3.8) is 0 Å². The van der Waals surface area contributed by atoms with E-state index >= 15 is 0 Å². The molecule has 0 aliphatic carbocycles. The number of hydrogen-bond acceptors (Lipinski definition) is 4. The van der Waals surface area contributed by atoms with E-state index in [1.807, 2.05) is 24.3 Å². The van der Waals surface area contributed by atoms with Crippen molar-refractivity contribution in [1.82, 2.24) is 9.78 Å². The maximum absolute atomic E-state index is 9.07. The van der Waals surface area contributed by atoms with Crippen LogP contribution in [0, 0.1) is 18.3 Å². The first-order valence-corrected chi connectivity index (χ1v) is 6.03. The molecule has 0 unspecified atom stereocenters. The van der Waals surface area contributed by atoms with E-state index in [1.54, 1.807) is 18.7 Å². The Morgan fingerprint density at radius 1 is 1.42 bits per heavy atom. The zero-order chi connectivity index (χ0) is 13.8. The molecule has 1 heterocycles. The van der Waals surface area contributed by atoms with Crippen LogP contribution in [-0.4, -0.2) is 16.4 Å². The Kier molecular flexibility index (Phi) is 3.71. The lowest BCUT2D eigenvalue weighted by Crippen LogP contribution is -2.07. The van der Waals surface area contributed by atoms with Crippen LogP contribution in [0.4, 0.5) is 5.69 Å². The van der Waals surface area contributed by atoms with E-state index in [9.17, 15) is 0 Å². The molecular formula is C14H16N4O. The van der Waals surface area contributed by atoms with Crippen LogP contribution >= 0.6 is 0 Å². The van der Waals surface area contributed by atoms with Crippen LogP contribution in [-0.2, 0) is 13.5 Å². The average Bonchev–Trinajstić information content (AvgIpc) is 2.66. The summed E-state index contributed by atoms with van der Waals surface area (Å²) in [6.07, 6.45) is 0.696. The van der Waals surface area contributed by atoms with Crippen LogP contribution in [0.5, 0.6) is 5.88 Å². The van der Waals surface area contributed by atoms with Crippen molar-refractivity contribution in [3.8, 4) is 11.9 Å². The molecule has 0 fully saturated rings. The van der Waals surface area contributed by atoms with Gasteiger partial charge in [-0.3, -0.25) is 0 Å². The van der Waals surface area contributed by atoms with E-state index in [0.29, 0.717) is 30.2 Å². The highest BCUT2D eigenvalue weighted by atomic mass is 16.5. The van der Waals surface area contributed by atoms with Gasteiger partial charge in [0.2, 0.25) is 5.88 Å². The molecule has 0 saturated heterocycles. The molecule has 0 amide bonds. The van der Waals surface area contributed by atoms with Gasteiger partial charge in [-0.1, -0.05) is 18.2 Å². The van der Waals surface area contributed by atoms with Gasteiger partial charge in [-0.2, -0.15) is 10.4 Å². The summed E-state index contributed by atoms with van der Waals surface area (Å²) < 4.78 is 7.25. The summed E-state index contributed by atoms with van der Waals surface area (Å²) in [6, 6.07) is 9.79. The molecular weight excluding hydrogens is 240 g/mol. The van der Waals surface area contributed by atoms with Gasteiger partial charge in [0.15, 0.2) is 0 Å². The number of aromatic nitrogens is 2. The molecule has 1 aromatic carbocycles. The molecule has 0 saturated carbocycles. The van der Waals surface area contributed by atoms with Gasteiger partial charge in [0, 0.05) is 19.2 Å². The minimum Gasteiger partial charge on any atom is -0.477 e. The SMILES string of the molecule is Cc1nn(C)c(OCCc2ccccc2N)c1C#N. The van der Waals surface area contributed by atoms with E-state index in [4.69, 9.17) is 15.7 Å². The lowest BCUT2D eigenvalue weighted by Gasteiger charge is -2.08. The van der Waals surface area contributed by atoms with Crippen molar-refractivity contribution in [2.45, 2.75) is 13.3 Å². The Bertz CT molecular complexity index is 625. The van der Waals surface area contributed by atoms with Gasteiger partial charge in [-0.05, 0) is 18.6 Å². The highest BCUT2D eigenvalue weighted by Crippen LogP contribution is 2.20. The first-order chi connectivity index (χ1) is 9.13. The monoisotopic (exact) mass is 256 g/mol. The largest absolute Gasteiger partial charge is 0.477 e. The van der Waals surface area contributed by atoms with Crippen LogP contribution in [0.1, 0.15) is 16.8 Å². The van der Waals surface area contributed by atoms with Gasteiger partial charge >= 0.3 is 0 Å². The summed E-state index contributed by atoms with van der Waals surface area (Å²) >= 11 is 0. The second-order valence-electron chi connectivity index (χ2n) is 4.30. The van der Waals surface area contributed by atoms with Crippen LogP contribution < -0.4 is 10.5 Å². The van der Waals surface area contributed by atoms with Gasteiger partial charge in [0.05, 0.1) is 12.3 Å². The number of nitrogens with zero attached hydrogens (tertiary/aromatic N) is 3. The number of nitriles is 1. The molecule has 0 spiro atoms. The van der Waals surface area contributed by atoms with Gasteiger partial charge in [-0.15, -0.1) is 0 Å². The molecule has 2 N–H and O–H groups in total. The minimum absolute atomic E-state index is 0.460. The van der Waals surface area contributed by atoms with Crippen molar-refractivity contribution < 1.29 is 4.74 Å². The van der Waals surface area contributed by atoms with Gasteiger partial charge < -0.3 is 10.5 Å². The summed E-state index contributed by atoms with van der Waals surface area (Å²) in [6.45, 7) is 2.25. The lowest BCUT2D eigenvalue weighted by atomic mass is 10.1. The third-order valence-electron chi connectivity index (χ3n) is 2.95. The first kappa shape index (κ1) is 13.0. The van der Waals surface area contributed by atoms with E-state index in [2.05, 4.69) is 11.2 Å². The highest BCUT2D eigenvalue weighted by Gasteiger charge is 2.14. The Morgan fingerprint density at radius 2 is 2.16 bits per heavy atom. The smallest absolute Gasteiger partial charge is 0.230 e. The van der Waals surface area contributed by atoms with Crippen molar-refractivity contribution in [2.75, 3.05) is 12.3 Å². The molecule has 0 aliphatic heterocycles. The zero-order valence-corrected chi connectivity index (χ0v) is 11.1. The molecule has 0 atom stereocenters. The van der Waals surface area contributed by atoms with E-state index < -0.39 is 0 Å². The molecule has 0 bridgehead atoms. The lowest BCUT2D eigenvalue weighted by molar-refractivity contribution is 0.293. The second kappa shape index (κ2) is 5.44. The number of benzene rings is 1. The molecule has 19 heavy (non-hydrogen) atoms. The average molecular weight is 256 g/mol. The topological polar surface area (TPSA) is 76.9 Å². The molecule has 5 nitrogen and oxygen atoms in total. The fraction of sp³-hybridized carbons (Fsp3) is 0.286. The summed E-state index contributed by atoms with van der Waals surface area (Å²) in [5, 5.41) is 13.2. The first-order valence-electron chi connectivity index (χ1n) is 6.03. The number of rotatable bonds is 4. The van der Waals surface area contributed by atoms with E-state index in [0.717, 1.165) is 11.3 Å². The summed E-state index contributed by atoms with van der Waals surface area (Å²) in [5.74, 6) is 0.509. The van der Waals surface area contributed by atoms with E-state index in [1.165, 1.54) is 0 Å². The third kappa shape index (κ3) is 2.68. The molecule has 0 aliphatic rings. The Balaban J connectivity index is 2.05. The fourth-order valence-electron chi connectivity index (χ4n) is 1.95. The summed E-state index contributed by atoms with van der Waals surface area (Å²) in [4.78, 5) is 0. The number of hydrogen-bond donors (Lipinski definition) is 1. The Labute approximate surface area is 112 Å².